The fraction of sp³-hybridized carbons (Fsp3) is 0.389. The summed E-state index contributed by atoms with van der Waals surface area (Å²) in [5.41, 5.74) is 1.22. The van der Waals surface area contributed by atoms with Crippen molar-refractivity contribution < 1.29 is 9.18 Å². The Kier molecular flexibility index (Phi) is 5.27. The van der Waals surface area contributed by atoms with Gasteiger partial charge in [-0.1, -0.05) is 11.6 Å². The van der Waals surface area contributed by atoms with E-state index in [9.17, 15) is 9.18 Å². The molecule has 1 aromatic heterocycles. The lowest BCUT2D eigenvalue weighted by Crippen LogP contribution is -2.49. The van der Waals surface area contributed by atoms with Crippen molar-refractivity contribution in [1.29, 1.82) is 0 Å². The average Bonchev–Trinajstić information content (AvgIpc) is 2.61. The molecule has 0 N–H and O–H groups in total. The number of aromatic nitrogens is 2. The monoisotopic (exact) mass is 377 g/mol. The number of anilines is 2. The van der Waals surface area contributed by atoms with Gasteiger partial charge >= 0.3 is 0 Å². The van der Waals surface area contributed by atoms with Gasteiger partial charge in [-0.05, 0) is 25.1 Å². The maximum Gasteiger partial charge on any atom is 0.255 e. The zero-order valence-electron chi connectivity index (χ0n) is 15.0. The molecule has 0 bridgehead atoms. The van der Waals surface area contributed by atoms with E-state index in [0.717, 1.165) is 17.6 Å². The normalized spacial score (nSPS) is 14.5. The summed E-state index contributed by atoms with van der Waals surface area (Å²) in [5.74, 6) is 0.878. The van der Waals surface area contributed by atoms with E-state index >= 15 is 0 Å². The Bertz CT molecular complexity index is 821. The zero-order chi connectivity index (χ0) is 18.8. The topological polar surface area (TPSA) is 52.6 Å². The summed E-state index contributed by atoms with van der Waals surface area (Å²) < 4.78 is 13.2. The molecule has 1 aromatic carbocycles. The van der Waals surface area contributed by atoms with Crippen LogP contribution >= 0.6 is 11.6 Å². The highest BCUT2D eigenvalue weighted by Crippen LogP contribution is 2.21. The van der Waals surface area contributed by atoms with Crippen molar-refractivity contribution in [2.45, 2.75) is 6.92 Å². The summed E-state index contributed by atoms with van der Waals surface area (Å²) in [6.07, 6.45) is 0. The second kappa shape index (κ2) is 7.45. The summed E-state index contributed by atoms with van der Waals surface area (Å²) in [7, 11) is 3.88. The Morgan fingerprint density at radius 1 is 1.15 bits per heavy atom. The van der Waals surface area contributed by atoms with Gasteiger partial charge in [-0.25, -0.2) is 9.37 Å². The molecular weight excluding hydrogens is 357 g/mol. The lowest BCUT2D eigenvalue weighted by molar-refractivity contribution is 0.0746. The molecule has 1 aliphatic rings. The minimum absolute atomic E-state index is 0.134. The van der Waals surface area contributed by atoms with Gasteiger partial charge in [0, 0.05) is 52.0 Å². The lowest BCUT2D eigenvalue weighted by atomic mass is 10.1. The van der Waals surface area contributed by atoms with Crippen LogP contribution in [-0.2, 0) is 0 Å². The largest absolute Gasteiger partial charge is 0.363 e. The van der Waals surface area contributed by atoms with Crippen LogP contribution in [0.3, 0.4) is 0 Å². The molecule has 2 aromatic rings. The van der Waals surface area contributed by atoms with Crippen molar-refractivity contribution in [2.24, 2.45) is 0 Å². The molecule has 138 valence electrons. The molecule has 2 heterocycles. The molecule has 6 nitrogen and oxygen atoms in total. The fourth-order valence-electron chi connectivity index (χ4n) is 2.85. The number of halogens is 2. The van der Waals surface area contributed by atoms with E-state index in [-0.39, 0.29) is 10.9 Å². The molecule has 1 fully saturated rings. The number of aryl methyl sites for hydroxylation is 1. The number of amides is 1. The van der Waals surface area contributed by atoms with Crippen molar-refractivity contribution in [3.63, 3.8) is 0 Å². The van der Waals surface area contributed by atoms with Crippen LogP contribution in [0.4, 0.5) is 16.2 Å². The number of carbonyl (C=O) groups excluding carboxylic acids is 1. The Morgan fingerprint density at radius 3 is 2.46 bits per heavy atom. The van der Waals surface area contributed by atoms with E-state index in [2.05, 4.69) is 14.9 Å². The van der Waals surface area contributed by atoms with Gasteiger partial charge in [0.05, 0.1) is 10.6 Å². The minimum Gasteiger partial charge on any atom is -0.363 e. The summed E-state index contributed by atoms with van der Waals surface area (Å²) in [6, 6.07) is 5.77. The van der Waals surface area contributed by atoms with E-state index < -0.39 is 5.82 Å². The first-order valence-corrected chi connectivity index (χ1v) is 8.75. The van der Waals surface area contributed by atoms with Crippen LogP contribution in [0.1, 0.15) is 16.1 Å². The van der Waals surface area contributed by atoms with Crippen molar-refractivity contribution >= 4 is 29.3 Å². The molecular formula is C18H21ClFN5O. The summed E-state index contributed by atoms with van der Waals surface area (Å²) in [4.78, 5) is 27.5. The molecule has 0 aliphatic carbocycles. The summed E-state index contributed by atoms with van der Waals surface area (Å²) in [5, 5.41) is 0.134. The predicted octanol–water partition coefficient (Wildman–Crippen LogP) is 2.61. The third kappa shape index (κ3) is 3.88. The maximum absolute atomic E-state index is 13.2. The van der Waals surface area contributed by atoms with Crippen LogP contribution < -0.4 is 9.80 Å². The molecule has 8 heteroatoms. The quantitative estimate of drug-likeness (QED) is 0.823. The third-order valence-corrected chi connectivity index (χ3v) is 4.61. The van der Waals surface area contributed by atoms with Crippen LogP contribution in [0.25, 0.3) is 0 Å². The summed E-state index contributed by atoms with van der Waals surface area (Å²) in [6.45, 7) is 4.25. The van der Waals surface area contributed by atoms with E-state index in [4.69, 9.17) is 11.6 Å². The molecule has 3 rings (SSSR count). The van der Waals surface area contributed by atoms with E-state index in [1.165, 1.54) is 12.1 Å². The van der Waals surface area contributed by atoms with Gasteiger partial charge < -0.3 is 14.7 Å². The first-order chi connectivity index (χ1) is 12.3. The van der Waals surface area contributed by atoms with Gasteiger partial charge in [-0.15, -0.1) is 0 Å². The molecule has 1 amide bonds. The molecule has 0 saturated carbocycles. The number of nitrogens with zero attached hydrogens (tertiary/aromatic N) is 5. The second-order valence-electron chi connectivity index (χ2n) is 6.47. The number of hydrogen-bond acceptors (Lipinski definition) is 5. The Hall–Kier alpha value is -2.41. The zero-order valence-corrected chi connectivity index (χ0v) is 15.8. The Balaban J connectivity index is 1.70. The predicted molar refractivity (Wildman–Crippen MR) is 101 cm³/mol. The molecule has 26 heavy (non-hydrogen) atoms. The second-order valence-corrected chi connectivity index (χ2v) is 6.87. The number of rotatable bonds is 3. The van der Waals surface area contributed by atoms with Gasteiger partial charge in [-0.3, -0.25) is 4.79 Å². The minimum atomic E-state index is -0.454. The van der Waals surface area contributed by atoms with Gasteiger partial charge in [0.15, 0.2) is 0 Å². The molecule has 0 unspecified atom stereocenters. The van der Waals surface area contributed by atoms with Crippen molar-refractivity contribution in [2.75, 3.05) is 50.1 Å². The van der Waals surface area contributed by atoms with Crippen LogP contribution in [-0.4, -0.2) is 61.0 Å². The Morgan fingerprint density at radius 2 is 1.85 bits per heavy atom. The number of benzene rings is 1. The van der Waals surface area contributed by atoms with Gasteiger partial charge in [-0.2, -0.15) is 4.98 Å². The number of carbonyl (C=O) groups is 1. The SMILES string of the molecule is Cc1cc(N(C)C)nc(N2CCN(C(=O)c3ccc(F)cc3Cl)CC2)n1. The number of hydrogen-bond donors (Lipinski definition) is 0. The first kappa shape index (κ1) is 18.4. The van der Waals surface area contributed by atoms with Crippen LogP contribution in [0.2, 0.25) is 5.02 Å². The van der Waals surface area contributed by atoms with E-state index in [1.807, 2.05) is 32.0 Å². The standard InChI is InChI=1S/C18H21ClFN5O/c1-12-10-16(23(2)3)22-18(21-12)25-8-6-24(7-9-25)17(26)14-5-4-13(20)11-15(14)19/h4-5,10-11H,6-9H2,1-3H3. The van der Waals surface area contributed by atoms with Crippen molar-refractivity contribution in [3.05, 3.63) is 46.4 Å². The molecule has 1 aliphatic heterocycles. The van der Waals surface area contributed by atoms with Crippen LogP contribution in [0.15, 0.2) is 24.3 Å². The highest BCUT2D eigenvalue weighted by atomic mass is 35.5. The Labute approximate surface area is 157 Å². The molecule has 0 radical (unpaired) electrons. The first-order valence-electron chi connectivity index (χ1n) is 8.37. The van der Waals surface area contributed by atoms with Crippen molar-refractivity contribution in [3.8, 4) is 0 Å². The van der Waals surface area contributed by atoms with E-state index in [0.29, 0.717) is 37.7 Å². The average molecular weight is 378 g/mol. The van der Waals surface area contributed by atoms with Crippen molar-refractivity contribution in [1.82, 2.24) is 14.9 Å². The van der Waals surface area contributed by atoms with Gasteiger partial charge in [0.25, 0.3) is 5.91 Å². The number of piperazine rings is 1. The smallest absolute Gasteiger partial charge is 0.255 e. The van der Waals surface area contributed by atoms with Gasteiger partial charge in [0.1, 0.15) is 11.6 Å². The highest BCUT2D eigenvalue weighted by molar-refractivity contribution is 6.33. The van der Waals surface area contributed by atoms with Gasteiger partial charge in [0.2, 0.25) is 5.95 Å². The maximum atomic E-state index is 13.2. The highest BCUT2D eigenvalue weighted by Gasteiger charge is 2.25. The van der Waals surface area contributed by atoms with E-state index in [1.54, 1.807) is 4.90 Å². The molecule has 0 atom stereocenters. The third-order valence-electron chi connectivity index (χ3n) is 4.30. The fourth-order valence-corrected chi connectivity index (χ4v) is 3.10. The molecule has 0 spiro atoms. The summed E-state index contributed by atoms with van der Waals surface area (Å²) >= 11 is 6.01. The molecule has 1 saturated heterocycles. The van der Waals surface area contributed by atoms with Crippen LogP contribution in [0, 0.1) is 12.7 Å². The lowest BCUT2D eigenvalue weighted by Gasteiger charge is -2.35. The van der Waals surface area contributed by atoms with Crippen LogP contribution in [0.5, 0.6) is 0 Å².